The van der Waals surface area contributed by atoms with E-state index in [0.29, 0.717) is 6.42 Å². The quantitative estimate of drug-likeness (QED) is 0.607. The molecule has 1 aliphatic rings. The highest BCUT2D eigenvalue weighted by atomic mass is 16.5. The number of carbonyl (C=O) groups excluding carboxylic acids is 4. The van der Waals surface area contributed by atoms with Crippen molar-refractivity contribution in [3.05, 3.63) is 6.42 Å². The molecule has 1 saturated heterocycles. The molecule has 8 nitrogen and oxygen atoms in total. The molecule has 22 heavy (non-hydrogen) atoms. The minimum atomic E-state index is -1.13. The van der Waals surface area contributed by atoms with Gasteiger partial charge in [-0.15, -0.1) is 0 Å². The minimum Gasteiger partial charge on any atom is -0.370 e. The van der Waals surface area contributed by atoms with E-state index in [9.17, 15) is 19.2 Å². The Labute approximate surface area is 129 Å². The van der Waals surface area contributed by atoms with Gasteiger partial charge in [0.1, 0.15) is 12.6 Å². The van der Waals surface area contributed by atoms with Crippen LogP contribution in [0.1, 0.15) is 26.7 Å². The summed E-state index contributed by atoms with van der Waals surface area (Å²) < 4.78 is 5.02. The molecular weight excluding hydrogens is 290 g/mol. The average molecular weight is 312 g/mol. The van der Waals surface area contributed by atoms with E-state index >= 15 is 0 Å². The van der Waals surface area contributed by atoms with Gasteiger partial charge in [-0.3, -0.25) is 19.2 Å². The zero-order valence-corrected chi connectivity index (χ0v) is 13.0. The molecule has 3 amide bonds. The van der Waals surface area contributed by atoms with Gasteiger partial charge in [-0.05, 0) is 11.8 Å². The van der Waals surface area contributed by atoms with Gasteiger partial charge in [0.15, 0.2) is 11.9 Å². The molecule has 1 rings (SSSR count). The highest BCUT2D eigenvalue weighted by Crippen LogP contribution is 2.27. The lowest BCUT2D eigenvalue weighted by Crippen LogP contribution is -2.50. The molecule has 0 aromatic carbocycles. The second-order valence-electron chi connectivity index (χ2n) is 6.21. The van der Waals surface area contributed by atoms with Crippen molar-refractivity contribution in [1.29, 1.82) is 0 Å². The number of Topliss-reactive ketones (excluding diaryl/α,β-unsaturated/α-hetero) is 1. The first-order valence-electron chi connectivity index (χ1n) is 6.87. The van der Waals surface area contributed by atoms with Gasteiger partial charge in [-0.2, -0.15) is 0 Å². The number of carbonyl (C=O) groups is 4. The van der Waals surface area contributed by atoms with Crippen LogP contribution in [0.15, 0.2) is 0 Å². The molecule has 1 aliphatic heterocycles. The third kappa shape index (κ3) is 4.52. The second-order valence-corrected chi connectivity index (χ2v) is 6.21. The predicted octanol–water partition coefficient (Wildman–Crippen LogP) is -1.24. The summed E-state index contributed by atoms with van der Waals surface area (Å²) in [5.74, 6) is -2.05. The summed E-state index contributed by atoms with van der Waals surface area (Å²) in [4.78, 5) is 47.3. The van der Waals surface area contributed by atoms with Gasteiger partial charge < -0.3 is 21.1 Å². The molecule has 1 heterocycles. The number of hydrogen-bond acceptors (Lipinski definition) is 5. The van der Waals surface area contributed by atoms with Crippen LogP contribution in [0.2, 0.25) is 0 Å². The standard InChI is InChI=1S/C14H22N3O5/c1-14(2,6-9(15)19)5-4-10(20)17(3)11-8(18)7-22-12(11)13(16)21/h4,11-12H,5-7H2,1-3H3,(H2,15,19)(H2,16,21)/t11?,12-/m0/s1. The lowest BCUT2D eigenvalue weighted by atomic mass is 9.84. The number of primary amides is 2. The third-order valence-electron chi connectivity index (χ3n) is 3.55. The fraction of sp³-hybridized carbons (Fsp3) is 0.643. The maximum Gasteiger partial charge on any atom is 0.249 e. The van der Waals surface area contributed by atoms with Crippen LogP contribution >= 0.6 is 0 Å². The lowest BCUT2D eigenvalue weighted by Gasteiger charge is -2.28. The maximum absolute atomic E-state index is 12.2. The Kier molecular flexibility index (Phi) is 5.65. The summed E-state index contributed by atoms with van der Waals surface area (Å²) in [6.45, 7) is 3.36. The summed E-state index contributed by atoms with van der Waals surface area (Å²) in [6.07, 6.45) is 0.679. The van der Waals surface area contributed by atoms with E-state index in [1.54, 1.807) is 13.8 Å². The normalized spacial score (nSPS) is 21.7. The van der Waals surface area contributed by atoms with Gasteiger partial charge in [0.25, 0.3) is 0 Å². The molecule has 1 fully saturated rings. The minimum absolute atomic E-state index is 0.135. The Morgan fingerprint density at radius 2 is 1.95 bits per heavy atom. The van der Waals surface area contributed by atoms with Crippen molar-refractivity contribution >= 4 is 23.5 Å². The molecule has 1 radical (unpaired) electrons. The Morgan fingerprint density at radius 3 is 2.45 bits per heavy atom. The zero-order chi connectivity index (χ0) is 17.1. The van der Waals surface area contributed by atoms with Crippen molar-refractivity contribution < 1.29 is 23.9 Å². The summed E-state index contributed by atoms with van der Waals surface area (Å²) in [6, 6.07) is -1.01. The molecule has 1 unspecified atom stereocenters. The van der Waals surface area contributed by atoms with Gasteiger partial charge >= 0.3 is 0 Å². The van der Waals surface area contributed by atoms with Crippen LogP contribution in [0, 0.1) is 11.8 Å². The molecule has 0 saturated carbocycles. The molecule has 4 N–H and O–H groups in total. The van der Waals surface area contributed by atoms with Crippen molar-refractivity contribution in [2.45, 2.75) is 38.8 Å². The van der Waals surface area contributed by atoms with E-state index in [1.807, 2.05) is 0 Å². The fourth-order valence-electron chi connectivity index (χ4n) is 2.36. The van der Waals surface area contributed by atoms with Gasteiger partial charge in [0.2, 0.25) is 17.7 Å². The molecule has 123 valence electrons. The zero-order valence-electron chi connectivity index (χ0n) is 13.0. The van der Waals surface area contributed by atoms with Crippen molar-refractivity contribution in [3.8, 4) is 0 Å². The Morgan fingerprint density at radius 1 is 1.36 bits per heavy atom. The van der Waals surface area contributed by atoms with E-state index < -0.39 is 35.3 Å². The molecule has 0 bridgehead atoms. The molecule has 2 atom stereocenters. The number of likely N-dealkylation sites (N-methyl/N-ethyl adjacent to an activating group) is 1. The smallest absolute Gasteiger partial charge is 0.249 e. The number of amides is 3. The van der Waals surface area contributed by atoms with Gasteiger partial charge in [-0.25, -0.2) is 0 Å². The first-order chi connectivity index (χ1) is 10.0. The molecular formula is C14H22N3O5. The number of ether oxygens (including phenoxy) is 1. The Bertz CT molecular complexity index is 489. The van der Waals surface area contributed by atoms with Crippen molar-refractivity contribution in [1.82, 2.24) is 4.90 Å². The molecule has 0 spiro atoms. The van der Waals surface area contributed by atoms with Gasteiger partial charge in [0.05, 0.1) is 6.42 Å². The summed E-state index contributed by atoms with van der Waals surface area (Å²) in [5.41, 5.74) is 9.85. The van der Waals surface area contributed by atoms with Crippen LogP contribution < -0.4 is 11.5 Å². The number of ketones is 1. The summed E-state index contributed by atoms with van der Waals surface area (Å²) in [7, 11) is 1.41. The Hall–Kier alpha value is -1.96. The topological polar surface area (TPSA) is 133 Å². The van der Waals surface area contributed by atoms with Crippen LogP contribution in [0.5, 0.6) is 0 Å². The van der Waals surface area contributed by atoms with Crippen LogP contribution in [0.3, 0.4) is 0 Å². The van der Waals surface area contributed by atoms with Crippen LogP contribution in [-0.4, -0.2) is 54.2 Å². The lowest BCUT2D eigenvalue weighted by molar-refractivity contribution is -0.137. The highest BCUT2D eigenvalue weighted by molar-refractivity contribution is 5.99. The van der Waals surface area contributed by atoms with E-state index in [4.69, 9.17) is 16.2 Å². The van der Waals surface area contributed by atoms with Crippen molar-refractivity contribution in [2.75, 3.05) is 13.7 Å². The predicted molar refractivity (Wildman–Crippen MR) is 77.0 cm³/mol. The molecule has 0 aromatic rings. The Balaban J connectivity index is 2.66. The first kappa shape index (κ1) is 18.1. The number of hydrogen-bond donors (Lipinski definition) is 2. The number of nitrogens with two attached hydrogens (primary N) is 2. The number of nitrogens with zero attached hydrogens (tertiary/aromatic N) is 1. The van der Waals surface area contributed by atoms with Gasteiger partial charge in [0, 0.05) is 13.5 Å². The molecule has 0 aromatic heterocycles. The SMILES string of the molecule is CN(C(=O)[CH]CC(C)(C)CC(N)=O)C1C(=O)CO[C@@H]1C(N)=O. The van der Waals surface area contributed by atoms with Crippen LogP contribution in [0.25, 0.3) is 0 Å². The van der Waals surface area contributed by atoms with E-state index in [2.05, 4.69) is 0 Å². The monoisotopic (exact) mass is 312 g/mol. The van der Waals surface area contributed by atoms with E-state index in [1.165, 1.54) is 13.5 Å². The average Bonchev–Trinajstić information content (AvgIpc) is 2.75. The molecule has 0 aliphatic carbocycles. The highest BCUT2D eigenvalue weighted by Gasteiger charge is 2.43. The maximum atomic E-state index is 12.2. The van der Waals surface area contributed by atoms with E-state index in [-0.39, 0.29) is 18.8 Å². The van der Waals surface area contributed by atoms with Crippen LogP contribution in [0.4, 0.5) is 0 Å². The largest absolute Gasteiger partial charge is 0.370 e. The second kappa shape index (κ2) is 6.87. The summed E-state index contributed by atoms with van der Waals surface area (Å²) in [5, 5.41) is 0. The van der Waals surface area contributed by atoms with Crippen LogP contribution in [-0.2, 0) is 23.9 Å². The summed E-state index contributed by atoms with van der Waals surface area (Å²) >= 11 is 0. The number of rotatable bonds is 7. The first-order valence-corrected chi connectivity index (χ1v) is 6.87. The fourth-order valence-corrected chi connectivity index (χ4v) is 2.36. The molecule has 8 heteroatoms. The third-order valence-corrected chi connectivity index (χ3v) is 3.55. The van der Waals surface area contributed by atoms with Crippen molar-refractivity contribution in [2.24, 2.45) is 16.9 Å². The van der Waals surface area contributed by atoms with E-state index in [0.717, 1.165) is 4.90 Å². The van der Waals surface area contributed by atoms with Crippen molar-refractivity contribution in [3.63, 3.8) is 0 Å². The van der Waals surface area contributed by atoms with Gasteiger partial charge in [-0.1, -0.05) is 13.8 Å².